The van der Waals surface area contributed by atoms with Crippen molar-refractivity contribution in [1.82, 2.24) is 0 Å². The second-order valence-electron chi connectivity index (χ2n) is 7.23. The summed E-state index contributed by atoms with van der Waals surface area (Å²) in [6.07, 6.45) is 7.37. The number of ether oxygens (including phenoxy) is 1. The largest absolute Gasteiger partial charge is 0.393 e. The van der Waals surface area contributed by atoms with Crippen molar-refractivity contribution in [2.45, 2.75) is 64.6 Å². The molecular weight excluding hydrogens is 212 g/mol. The number of rotatable bonds is 1. The molecule has 0 amide bonds. The first-order valence-corrected chi connectivity index (χ1v) is 7.21. The van der Waals surface area contributed by atoms with Crippen molar-refractivity contribution in [3.05, 3.63) is 0 Å². The van der Waals surface area contributed by atoms with Crippen LogP contribution in [0.1, 0.15) is 52.4 Å². The Hall–Kier alpha value is -0.0800. The number of hydrogen-bond donors (Lipinski definition) is 1. The van der Waals surface area contributed by atoms with Crippen LogP contribution in [0.2, 0.25) is 0 Å². The average Bonchev–Trinajstić information content (AvgIpc) is 2.27. The van der Waals surface area contributed by atoms with E-state index >= 15 is 0 Å². The van der Waals surface area contributed by atoms with Gasteiger partial charge in [0.1, 0.15) is 0 Å². The molecule has 2 nitrogen and oxygen atoms in total. The van der Waals surface area contributed by atoms with Gasteiger partial charge in [-0.25, -0.2) is 0 Å². The van der Waals surface area contributed by atoms with E-state index in [0.717, 1.165) is 24.7 Å². The van der Waals surface area contributed by atoms with E-state index in [2.05, 4.69) is 13.8 Å². The van der Waals surface area contributed by atoms with Gasteiger partial charge in [0.25, 0.3) is 0 Å². The molecule has 1 spiro atoms. The van der Waals surface area contributed by atoms with Gasteiger partial charge in [-0.15, -0.1) is 0 Å². The van der Waals surface area contributed by atoms with Crippen molar-refractivity contribution in [3.8, 4) is 0 Å². The Bertz CT molecular complexity index is 302. The van der Waals surface area contributed by atoms with Crippen LogP contribution in [0.4, 0.5) is 0 Å². The Morgan fingerprint density at radius 3 is 2.29 bits per heavy atom. The highest BCUT2D eigenvalue weighted by Crippen LogP contribution is 2.73. The lowest BCUT2D eigenvalue weighted by Crippen LogP contribution is -2.67. The normalized spacial score (nSPS) is 52.2. The lowest BCUT2D eigenvalue weighted by molar-refractivity contribution is -0.256. The Morgan fingerprint density at radius 2 is 1.65 bits per heavy atom. The minimum atomic E-state index is -0.0551. The molecule has 3 aliphatic rings. The zero-order chi connectivity index (χ0) is 12.3. The van der Waals surface area contributed by atoms with Crippen molar-refractivity contribution in [1.29, 1.82) is 0 Å². The van der Waals surface area contributed by atoms with Gasteiger partial charge in [-0.2, -0.15) is 0 Å². The van der Waals surface area contributed by atoms with E-state index in [1.54, 1.807) is 0 Å². The molecule has 1 N–H and O–H groups in total. The van der Waals surface area contributed by atoms with Crippen LogP contribution in [-0.4, -0.2) is 24.4 Å². The first-order valence-electron chi connectivity index (χ1n) is 7.21. The molecule has 98 valence electrons. The SMILES string of the molecule is COC1CCC2C(C)(C)C3CCC(O)CC32C1. The predicted octanol–water partition coefficient (Wildman–Crippen LogP) is 2.99. The summed E-state index contributed by atoms with van der Waals surface area (Å²) in [5, 5.41) is 10.1. The number of methoxy groups -OCH3 is 1. The summed E-state index contributed by atoms with van der Waals surface area (Å²) >= 11 is 0. The van der Waals surface area contributed by atoms with Gasteiger partial charge in [0.15, 0.2) is 0 Å². The molecule has 0 aromatic carbocycles. The molecule has 3 saturated carbocycles. The van der Waals surface area contributed by atoms with Gasteiger partial charge in [0.2, 0.25) is 0 Å². The van der Waals surface area contributed by atoms with Crippen LogP contribution < -0.4 is 0 Å². The van der Waals surface area contributed by atoms with Crippen molar-refractivity contribution in [2.75, 3.05) is 7.11 Å². The van der Waals surface area contributed by atoms with Gasteiger partial charge in [-0.05, 0) is 61.2 Å². The molecule has 2 heteroatoms. The Balaban J connectivity index is 1.88. The van der Waals surface area contributed by atoms with Crippen LogP contribution in [0.5, 0.6) is 0 Å². The van der Waals surface area contributed by atoms with Gasteiger partial charge in [-0.3, -0.25) is 0 Å². The third kappa shape index (κ3) is 1.46. The van der Waals surface area contributed by atoms with Gasteiger partial charge >= 0.3 is 0 Å². The number of aliphatic hydroxyl groups is 1. The van der Waals surface area contributed by atoms with Crippen LogP contribution in [-0.2, 0) is 4.74 Å². The molecule has 5 atom stereocenters. The van der Waals surface area contributed by atoms with Crippen LogP contribution in [0.15, 0.2) is 0 Å². The highest BCUT2D eigenvalue weighted by atomic mass is 16.5. The quantitative estimate of drug-likeness (QED) is 0.761. The van der Waals surface area contributed by atoms with E-state index in [-0.39, 0.29) is 6.10 Å². The highest BCUT2D eigenvalue weighted by Gasteiger charge is 2.68. The maximum Gasteiger partial charge on any atom is 0.0577 e. The third-order valence-electron chi connectivity index (χ3n) is 6.31. The minimum absolute atomic E-state index is 0.0551. The third-order valence-corrected chi connectivity index (χ3v) is 6.31. The number of aliphatic hydroxyl groups excluding tert-OH is 1. The van der Waals surface area contributed by atoms with Gasteiger partial charge < -0.3 is 9.84 Å². The summed E-state index contributed by atoms with van der Waals surface area (Å²) in [6.45, 7) is 4.90. The van der Waals surface area contributed by atoms with Crippen molar-refractivity contribution in [2.24, 2.45) is 22.7 Å². The molecule has 0 saturated heterocycles. The summed E-state index contributed by atoms with van der Waals surface area (Å²) in [6, 6.07) is 0. The first kappa shape index (κ1) is 12.0. The van der Waals surface area contributed by atoms with Crippen LogP contribution in [0, 0.1) is 22.7 Å². The summed E-state index contributed by atoms with van der Waals surface area (Å²) in [7, 11) is 1.85. The molecule has 0 heterocycles. The van der Waals surface area contributed by atoms with E-state index in [9.17, 15) is 5.11 Å². The van der Waals surface area contributed by atoms with Gasteiger partial charge in [-0.1, -0.05) is 13.8 Å². The zero-order valence-electron chi connectivity index (χ0n) is 11.4. The van der Waals surface area contributed by atoms with Crippen molar-refractivity contribution in [3.63, 3.8) is 0 Å². The molecule has 0 bridgehead atoms. The summed E-state index contributed by atoms with van der Waals surface area (Å²) in [5.74, 6) is 1.64. The van der Waals surface area contributed by atoms with Gasteiger partial charge in [0, 0.05) is 7.11 Å². The smallest absolute Gasteiger partial charge is 0.0577 e. The zero-order valence-corrected chi connectivity index (χ0v) is 11.4. The second kappa shape index (κ2) is 3.71. The molecule has 5 unspecified atom stereocenters. The predicted molar refractivity (Wildman–Crippen MR) is 67.7 cm³/mol. The lowest BCUT2D eigenvalue weighted by atomic mass is 9.33. The van der Waals surface area contributed by atoms with Crippen molar-refractivity contribution >= 4 is 0 Å². The van der Waals surface area contributed by atoms with Crippen LogP contribution >= 0.6 is 0 Å². The maximum absolute atomic E-state index is 10.1. The van der Waals surface area contributed by atoms with E-state index in [4.69, 9.17) is 4.74 Å². The van der Waals surface area contributed by atoms with Crippen LogP contribution in [0.3, 0.4) is 0 Å². The fourth-order valence-corrected chi connectivity index (χ4v) is 5.82. The molecule has 3 aliphatic carbocycles. The summed E-state index contributed by atoms with van der Waals surface area (Å²) in [5.41, 5.74) is 0.916. The minimum Gasteiger partial charge on any atom is -0.393 e. The maximum atomic E-state index is 10.1. The molecular formula is C15H26O2. The molecule has 3 rings (SSSR count). The van der Waals surface area contributed by atoms with E-state index < -0.39 is 0 Å². The summed E-state index contributed by atoms with van der Waals surface area (Å²) < 4.78 is 5.61. The Labute approximate surface area is 105 Å². The molecule has 0 aromatic heterocycles. The Morgan fingerprint density at radius 1 is 1.00 bits per heavy atom. The average molecular weight is 238 g/mol. The molecule has 0 aromatic rings. The summed E-state index contributed by atoms with van der Waals surface area (Å²) in [4.78, 5) is 0. The van der Waals surface area contributed by atoms with E-state index in [0.29, 0.717) is 16.9 Å². The van der Waals surface area contributed by atoms with E-state index in [1.807, 2.05) is 7.11 Å². The standard InChI is InChI=1S/C15H26O2/c1-14(2)12-6-4-10(16)8-15(12)9-11(17-3)5-7-13(14)15/h10-13,16H,4-9H2,1-3H3. The molecule has 17 heavy (non-hydrogen) atoms. The first-order chi connectivity index (χ1) is 8.00. The van der Waals surface area contributed by atoms with Gasteiger partial charge in [0.05, 0.1) is 12.2 Å². The molecule has 0 radical (unpaired) electrons. The molecule has 3 fully saturated rings. The van der Waals surface area contributed by atoms with Crippen molar-refractivity contribution < 1.29 is 9.84 Å². The second-order valence-corrected chi connectivity index (χ2v) is 7.23. The highest BCUT2D eigenvalue weighted by molar-refractivity contribution is 5.16. The fraction of sp³-hybridized carbons (Fsp3) is 1.00. The fourth-order valence-electron chi connectivity index (χ4n) is 5.82. The molecule has 0 aliphatic heterocycles. The topological polar surface area (TPSA) is 29.5 Å². The monoisotopic (exact) mass is 238 g/mol. The van der Waals surface area contributed by atoms with E-state index in [1.165, 1.54) is 25.7 Å². The Kier molecular flexibility index (Phi) is 2.61. The number of hydrogen-bond acceptors (Lipinski definition) is 2. The van der Waals surface area contributed by atoms with Crippen LogP contribution in [0.25, 0.3) is 0 Å². The lowest BCUT2D eigenvalue weighted by Gasteiger charge is -2.72.